The van der Waals surface area contributed by atoms with Gasteiger partial charge in [-0.2, -0.15) is 0 Å². The summed E-state index contributed by atoms with van der Waals surface area (Å²) in [6.45, 7) is 3.80. The first kappa shape index (κ1) is 13.9. The van der Waals surface area contributed by atoms with Gasteiger partial charge in [0.2, 0.25) is 5.91 Å². The lowest BCUT2D eigenvalue weighted by molar-refractivity contribution is -0.118. The summed E-state index contributed by atoms with van der Waals surface area (Å²) in [6.07, 6.45) is 3.53. The minimum absolute atomic E-state index is 0.0449. The third kappa shape index (κ3) is 2.37. The first-order valence-corrected chi connectivity index (χ1v) is 7.65. The molecule has 0 bridgehead atoms. The second-order valence-electron chi connectivity index (χ2n) is 5.69. The molecule has 1 aliphatic rings. The summed E-state index contributed by atoms with van der Waals surface area (Å²) >= 11 is 0. The number of benzene rings is 1. The van der Waals surface area contributed by atoms with Crippen molar-refractivity contribution in [2.24, 2.45) is 0 Å². The maximum absolute atomic E-state index is 12.2. The number of carbonyl (C=O) groups is 1. The highest BCUT2D eigenvalue weighted by Gasteiger charge is 2.24. The number of carbonyl (C=O) groups excluding carboxylic acids is 1. The topological polar surface area (TPSA) is 63.1 Å². The van der Waals surface area contributed by atoms with Crippen LogP contribution < -0.4 is 10.2 Å². The molecule has 0 atom stereocenters. The summed E-state index contributed by atoms with van der Waals surface area (Å²) < 4.78 is 1.85. The Hall–Kier alpha value is -2.73. The zero-order chi connectivity index (χ0) is 15.8. The fourth-order valence-electron chi connectivity index (χ4n) is 2.86. The molecule has 0 radical (unpaired) electrons. The molecule has 1 saturated heterocycles. The van der Waals surface area contributed by atoms with E-state index in [1.807, 2.05) is 22.9 Å². The molecule has 3 heterocycles. The number of hydrogen-bond acceptors (Lipinski definition) is 4. The summed E-state index contributed by atoms with van der Waals surface area (Å²) in [5, 5.41) is 8.75. The van der Waals surface area contributed by atoms with E-state index in [-0.39, 0.29) is 5.91 Å². The first-order chi connectivity index (χ1) is 11.2. The number of rotatable bonds is 2. The van der Waals surface area contributed by atoms with Gasteiger partial charge in [-0.15, -0.1) is 5.10 Å². The number of aromatic nitrogens is 3. The van der Waals surface area contributed by atoms with Crippen molar-refractivity contribution < 1.29 is 4.79 Å². The van der Waals surface area contributed by atoms with E-state index in [2.05, 4.69) is 29.4 Å². The largest absolute Gasteiger partial charge is 0.307 e. The van der Waals surface area contributed by atoms with Crippen molar-refractivity contribution in [2.75, 3.05) is 24.5 Å². The van der Waals surface area contributed by atoms with Crippen LogP contribution in [-0.4, -0.2) is 40.3 Å². The van der Waals surface area contributed by atoms with Crippen molar-refractivity contribution in [3.05, 3.63) is 48.3 Å². The number of piperazine rings is 1. The van der Waals surface area contributed by atoms with Crippen molar-refractivity contribution in [2.45, 2.75) is 6.92 Å². The lowest BCUT2D eigenvalue weighted by Crippen LogP contribution is -2.48. The van der Waals surface area contributed by atoms with E-state index in [0.29, 0.717) is 18.9 Å². The zero-order valence-corrected chi connectivity index (χ0v) is 12.9. The van der Waals surface area contributed by atoms with E-state index in [0.717, 1.165) is 23.1 Å². The first-order valence-electron chi connectivity index (χ1n) is 7.65. The maximum atomic E-state index is 12.2. The monoisotopic (exact) mass is 307 g/mol. The van der Waals surface area contributed by atoms with Gasteiger partial charge in [-0.3, -0.25) is 14.7 Å². The number of hydrogen-bond donors (Lipinski definition) is 1. The smallest absolute Gasteiger partial charge is 0.242 e. The summed E-state index contributed by atoms with van der Waals surface area (Å²) in [5.41, 5.74) is 3.06. The molecule has 6 heteroatoms. The second kappa shape index (κ2) is 5.48. The molecule has 116 valence electrons. The Balaban J connectivity index is 1.89. The molecule has 0 aliphatic carbocycles. The molecule has 0 spiro atoms. The van der Waals surface area contributed by atoms with Gasteiger partial charge in [0.15, 0.2) is 5.82 Å². The lowest BCUT2D eigenvalue weighted by Gasteiger charge is -2.25. The van der Waals surface area contributed by atoms with Crippen molar-refractivity contribution in [3.63, 3.8) is 0 Å². The van der Waals surface area contributed by atoms with Crippen LogP contribution in [0.5, 0.6) is 0 Å². The van der Waals surface area contributed by atoms with Crippen LogP contribution in [0.1, 0.15) is 5.56 Å². The van der Waals surface area contributed by atoms with E-state index >= 15 is 0 Å². The Morgan fingerprint density at radius 1 is 1.17 bits per heavy atom. The molecule has 6 nitrogen and oxygen atoms in total. The molecule has 1 aliphatic heterocycles. The fraction of sp³-hybridized carbons (Fsp3) is 0.235. The SMILES string of the molecule is Cc1ccc(-n2nc(N3CCNCC3=O)c3ccncc32)cc1. The maximum Gasteiger partial charge on any atom is 0.242 e. The van der Waals surface area contributed by atoms with Crippen LogP contribution in [0.2, 0.25) is 0 Å². The van der Waals surface area contributed by atoms with Crippen molar-refractivity contribution >= 4 is 22.6 Å². The normalized spacial score (nSPS) is 15.3. The van der Waals surface area contributed by atoms with Gasteiger partial charge in [0.25, 0.3) is 0 Å². The molecular weight excluding hydrogens is 290 g/mol. The van der Waals surface area contributed by atoms with Crippen molar-refractivity contribution in [1.82, 2.24) is 20.1 Å². The van der Waals surface area contributed by atoms with E-state index in [1.54, 1.807) is 17.3 Å². The Morgan fingerprint density at radius 2 is 2.00 bits per heavy atom. The highest BCUT2D eigenvalue weighted by Crippen LogP contribution is 2.28. The molecule has 1 amide bonds. The Kier molecular flexibility index (Phi) is 3.31. The number of pyridine rings is 1. The number of anilines is 1. The minimum atomic E-state index is 0.0449. The van der Waals surface area contributed by atoms with Gasteiger partial charge >= 0.3 is 0 Å². The van der Waals surface area contributed by atoms with Gasteiger partial charge in [-0.05, 0) is 25.1 Å². The molecular formula is C17H17N5O. The molecule has 1 fully saturated rings. The van der Waals surface area contributed by atoms with Gasteiger partial charge in [0, 0.05) is 24.7 Å². The van der Waals surface area contributed by atoms with Gasteiger partial charge in [0.1, 0.15) is 0 Å². The van der Waals surface area contributed by atoms with Gasteiger partial charge in [-0.1, -0.05) is 17.7 Å². The van der Waals surface area contributed by atoms with Crippen LogP contribution in [0.3, 0.4) is 0 Å². The third-order valence-electron chi connectivity index (χ3n) is 4.09. The molecule has 1 aromatic carbocycles. The minimum Gasteiger partial charge on any atom is -0.307 e. The number of fused-ring (bicyclic) bond motifs is 1. The number of aryl methyl sites for hydroxylation is 1. The fourth-order valence-corrected chi connectivity index (χ4v) is 2.86. The molecule has 4 rings (SSSR count). The summed E-state index contributed by atoms with van der Waals surface area (Å²) in [6, 6.07) is 10.1. The molecule has 0 unspecified atom stereocenters. The lowest BCUT2D eigenvalue weighted by atomic mass is 10.2. The van der Waals surface area contributed by atoms with E-state index < -0.39 is 0 Å². The third-order valence-corrected chi connectivity index (χ3v) is 4.09. The van der Waals surface area contributed by atoms with Crippen LogP contribution in [-0.2, 0) is 4.79 Å². The average molecular weight is 307 g/mol. The highest BCUT2D eigenvalue weighted by atomic mass is 16.2. The predicted molar refractivity (Wildman–Crippen MR) is 88.8 cm³/mol. The molecule has 0 saturated carbocycles. The molecule has 3 aromatic rings. The second-order valence-corrected chi connectivity index (χ2v) is 5.69. The van der Waals surface area contributed by atoms with Gasteiger partial charge < -0.3 is 5.32 Å². The van der Waals surface area contributed by atoms with Crippen molar-refractivity contribution in [3.8, 4) is 5.69 Å². The van der Waals surface area contributed by atoms with Crippen LogP contribution in [0.4, 0.5) is 5.82 Å². The number of nitrogens with zero attached hydrogens (tertiary/aromatic N) is 4. The van der Waals surface area contributed by atoms with E-state index in [9.17, 15) is 4.79 Å². The van der Waals surface area contributed by atoms with Gasteiger partial charge in [-0.25, -0.2) is 4.68 Å². The van der Waals surface area contributed by atoms with Crippen LogP contribution >= 0.6 is 0 Å². The predicted octanol–water partition coefficient (Wildman–Crippen LogP) is 1.67. The van der Waals surface area contributed by atoms with E-state index in [1.165, 1.54) is 5.56 Å². The molecule has 1 N–H and O–H groups in total. The van der Waals surface area contributed by atoms with Crippen molar-refractivity contribution in [1.29, 1.82) is 0 Å². The zero-order valence-electron chi connectivity index (χ0n) is 12.9. The Morgan fingerprint density at radius 3 is 2.78 bits per heavy atom. The van der Waals surface area contributed by atoms with Crippen LogP contribution in [0.15, 0.2) is 42.7 Å². The van der Waals surface area contributed by atoms with Crippen LogP contribution in [0, 0.1) is 6.92 Å². The Labute approximate surface area is 133 Å². The number of nitrogens with one attached hydrogen (secondary N) is 1. The molecule has 2 aromatic heterocycles. The molecule has 23 heavy (non-hydrogen) atoms. The number of amides is 1. The standard InChI is InChI=1S/C17H17N5O/c1-12-2-4-13(5-3-12)22-15-10-18-7-6-14(15)17(20-22)21-9-8-19-11-16(21)23/h2-7,10,19H,8-9,11H2,1H3. The highest BCUT2D eigenvalue weighted by molar-refractivity contribution is 6.02. The summed E-state index contributed by atoms with van der Waals surface area (Å²) in [5.74, 6) is 0.748. The van der Waals surface area contributed by atoms with E-state index in [4.69, 9.17) is 5.10 Å². The Bertz CT molecular complexity index is 868. The summed E-state index contributed by atoms with van der Waals surface area (Å²) in [4.78, 5) is 18.2. The summed E-state index contributed by atoms with van der Waals surface area (Å²) in [7, 11) is 0. The van der Waals surface area contributed by atoms with Gasteiger partial charge in [0.05, 0.1) is 23.9 Å². The quantitative estimate of drug-likeness (QED) is 0.782. The van der Waals surface area contributed by atoms with Crippen LogP contribution in [0.25, 0.3) is 16.6 Å². The average Bonchev–Trinajstić information content (AvgIpc) is 2.96.